The van der Waals surface area contributed by atoms with Crippen LogP contribution in [0.2, 0.25) is 0 Å². The summed E-state index contributed by atoms with van der Waals surface area (Å²) in [5, 5.41) is 0. The standard InChI is InChI=1S/C19H26N4.2ClH/c1-15-10-16(2)19(12-23-9-7-21(5)14-23)17(3)18(15)11-22-8-6-20(4)13-22;;/h6-10,13-14H,11-12H2,1-5H3;2*1H/q+2;;/p-2. The van der Waals surface area contributed by atoms with E-state index < -0.39 is 0 Å². The maximum absolute atomic E-state index is 2.32. The lowest BCUT2D eigenvalue weighted by atomic mass is 9.93. The highest BCUT2D eigenvalue weighted by Gasteiger charge is 2.15. The highest BCUT2D eigenvalue weighted by Crippen LogP contribution is 2.24. The lowest BCUT2D eigenvalue weighted by molar-refractivity contribution is -0.671. The van der Waals surface area contributed by atoms with Crippen molar-refractivity contribution in [3.05, 3.63) is 71.3 Å². The molecule has 0 saturated carbocycles. The fourth-order valence-electron chi connectivity index (χ4n) is 3.31. The predicted octanol–water partition coefficient (Wildman–Crippen LogP) is -4.03. The lowest BCUT2D eigenvalue weighted by Gasteiger charge is -2.15. The maximum Gasteiger partial charge on any atom is 0.243 e. The van der Waals surface area contributed by atoms with E-state index in [9.17, 15) is 0 Å². The van der Waals surface area contributed by atoms with E-state index in [1.807, 2.05) is 0 Å². The SMILES string of the molecule is Cc1cc(C)c(Cn2cc[n+](C)c2)c(C)c1Cn1cc[n+](C)c1.[Cl-].[Cl-]. The van der Waals surface area contributed by atoms with Gasteiger partial charge in [0.15, 0.2) is 0 Å². The van der Waals surface area contributed by atoms with Crippen molar-refractivity contribution in [3.8, 4) is 0 Å². The van der Waals surface area contributed by atoms with E-state index in [1.165, 1.54) is 27.8 Å². The van der Waals surface area contributed by atoms with Gasteiger partial charge in [-0.05, 0) is 48.6 Å². The molecule has 0 aliphatic carbocycles. The number of rotatable bonds is 4. The third-order valence-electron chi connectivity index (χ3n) is 4.62. The normalized spacial score (nSPS) is 10.3. The molecule has 0 amide bonds. The van der Waals surface area contributed by atoms with E-state index in [0.29, 0.717) is 0 Å². The van der Waals surface area contributed by atoms with E-state index in [1.54, 1.807) is 0 Å². The Morgan fingerprint density at radius 3 is 1.48 bits per heavy atom. The van der Waals surface area contributed by atoms with Gasteiger partial charge in [0, 0.05) is 0 Å². The zero-order valence-electron chi connectivity index (χ0n) is 15.5. The minimum absolute atomic E-state index is 0. The Morgan fingerprint density at radius 1 is 0.760 bits per heavy atom. The molecule has 136 valence electrons. The molecule has 25 heavy (non-hydrogen) atoms. The summed E-state index contributed by atoms with van der Waals surface area (Å²) in [6.07, 6.45) is 12.7. The third kappa shape index (κ3) is 4.65. The van der Waals surface area contributed by atoms with Crippen LogP contribution in [0.3, 0.4) is 0 Å². The van der Waals surface area contributed by atoms with Gasteiger partial charge in [0.25, 0.3) is 0 Å². The fourth-order valence-corrected chi connectivity index (χ4v) is 3.31. The van der Waals surface area contributed by atoms with Crippen molar-refractivity contribution in [2.24, 2.45) is 14.1 Å². The Balaban J connectivity index is 0.00000156. The van der Waals surface area contributed by atoms with Crippen LogP contribution in [0.15, 0.2) is 43.5 Å². The first kappa shape index (κ1) is 21.3. The van der Waals surface area contributed by atoms with Gasteiger partial charge in [-0.2, -0.15) is 0 Å². The van der Waals surface area contributed by atoms with Crippen LogP contribution in [-0.4, -0.2) is 9.13 Å². The molecule has 3 rings (SSSR count). The van der Waals surface area contributed by atoms with Crippen molar-refractivity contribution >= 4 is 0 Å². The van der Waals surface area contributed by atoms with Crippen molar-refractivity contribution in [3.63, 3.8) is 0 Å². The molecule has 0 unspecified atom stereocenters. The van der Waals surface area contributed by atoms with E-state index in [0.717, 1.165) is 13.1 Å². The molecule has 6 heteroatoms. The monoisotopic (exact) mass is 380 g/mol. The molecule has 0 aliphatic rings. The van der Waals surface area contributed by atoms with Crippen LogP contribution in [0.25, 0.3) is 0 Å². The average Bonchev–Trinajstić information content (AvgIpc) is 3.08. The van der Waals surface area contributed by atoms with Gasteiger partial charge in [0.05, 0.1) is 14.1 Å². The molecule has 2 heterocycles. The van der Waals surface area contributed by atoms with Crippen LogP contribution in [0.1, 0.15) is 27.8 Å². The number of nitrogens with zero attached hydrogens (tertiary/aromatic N) is 4. The zero-order valence-corrected chi connectivity index (χ0v) is 17.0. The van der Waals surface area contributed by atoms with Crippen LogP contribution < -0.4 is 33.9 Å². The number of benzene rings is 1. The Bertz CT molecular complexity index is 783. The Hall–Kier alpha value is -1.78. The summed E-state index contributed by atoms with van der Waals surface area (Å²) in [5.41, 5.74) is 7.02. The summed E-state index contributed by atoms with van der Waals surface area (Å²) in [5.74, 6) is 0. The largest absolute Gasteiger partial charge is 1.00 e. The topological polar surface area (TPSA) is 17.6 Å². The number of aromatic nitrogens is 4. The van der Waals surface area contributed by atoms with Crippen molar-refractivity contribution in [1.82, 2.24) is 9.13 Å². The Labute approximate surface area is 162 Å². The zero-order chi connectivity index (χ0) is 16.6. The molecule has 0 atom stereocenters. The lowest BCUT2D eigenvalue weighted by Crippen LogP contribution is -3.00. The quantitative estimate of drug-likeness (QED) is 0.410. The van der Waals surface area contributed by atoms with Crippen LogP contribution in [0.4, 0.5) is 0 Å². The third-order valence-corrected chi connectivity index (χ3v) is 4.62. The molecule has 2 aromatic heterocycles. The minimum Gasteiger partial charge on any atom is -1.00 e. The number of aryl methyl sites for hydroxylation is 4. The summed E-state index contributed by atoms with van der Waals surface area (Å²) < 4.78 is 8.65. The Kier molecular flexibility index (Phi) is 7.27. The van der Waals surface area contributed by atoms with E-state index >= 15 is 0 Å². The van der Waals surface area contributed by atoms with Crippen LogP contribution in [-0.2, 0) is 27.2 Å². The number of halogens is 2. The van der Waals surface area contributed by atoms with Gasteiger partial charge in [0.2, 0.25) is 12.7 Å². The van der Waals surface area contributed by atoms with Crippen molar-refractivity contribution in [2.45, 2.75) is 33.9 Å². The number of hydrogen-bond acceptors (Lipinski definition) is 0. The van der Waals surface area contributed by atoms with Crippen LogP contribution >= 0.6 is 0 Å². The van der Waals surface area contributed by atoms with Gasteiger partial charge < -0.3 is 24.8 Å². The molecular weight excluding hydrogens is 355 g/mol. The van der Waals surface area contributed by atoms with Gasteiger partial charge in [-0.3, -0.25) is 0 Å². The van der Waals surface area contributed by atoms with Gasteiger partial charge >= 0.3 is 0 Å². The summed E-state index contributed by atoms with van der Waals surface area (Å²) in [6.45, 7) is 8.55. The first-order valence-electron chi connectivity index (χ1n) is 8.04. The second kappa shape index (κ2) is 8.54. The van der Waals surface area contributed by atoms with Gasteiger partial charge in [0.1, 0.15) is 37.9 Å². The van der Waals surface area contributed by atoms with E-state index in [-0.39, 0.29) is 24.8 Å². The molecule has 3 aromatic rings. The second-order valence-electron chi connectivity index (χ2n) is 6.60. The Morgan fingerprint density at radius 2 is 1.16 bits per heavy atom. The molecule has 0 aliphatic heterocycles. The second-order valence-corrected chi connectivity index (χ2v) is 6.60. The van der Waals surface area contributed by atoms with Gasteiger partial charge in [-0.1, -0.05) is 6.07 Å². The molecular formula is C19H26Cl2N4. The molecule has 0 radical (unpaired) electrons. The molecule has 0 saturated heterocycles. The van der Waals surface area contributed by atoms with Crippen molar-refractivity contribution < 1.29 is 33.9 Å². The highest BCUT2D eigenvalue weighted by molar-refractivity contribution is 5.45. The number of hydrogen-bond donors (Lipinski definition) is 0. The highest BCUT2D eigenvalue weighted by atomic mass is 35.5. The smallest absolute Gasteiger partial charge is 0.243 e. The molecule has 0 spiro atoms. The molecule has 0 N–H and O–H groups in total. The first-order valence-corrected chi connectivity index (χ1v) is 8.04. The van der Waals surface area contributed by atoms with Crippen molar-refractivity contribution in [2.75, 3.05) is 0 Å². The predicted molar refractivity (Wildman–Crippen MR) is 90.1 cm³/mol. The van der Waals surface area contributed by atoms with Crippen molar-refractivity contribution in [1.29, 1.82) is 0 Å². The van der Waals surface area contributed by atoms with Crippen LogP contribution in [0, 0.1) is 20.8 Å². The molecule has 0 fully saturated rings. The first-order chi connectivity index (χ1) is 10.9. The van der Waals surface area contributed by atoms with Crippen LogP contribution in [0.5, 0.6) is 0 Å². The average molecular weight is 381 g/mol. The summed E-state index contributed by atoms with van der Waals surface area (Å²) in [7, 11) is 4.12. The summed E-state index contributed by atoms with van der Waals surface area (Å²) >= 11 is 0. The minimum atomic E-state index is 0. The van der Waals surface area contributed by atoms with E-state index in [4.69, 9.17) is 0 Å². The number of imidazole rings is 2. The molecule has 4 nitrogen and oxygen atoms in total. The van der Waals surface area contributed by atoms with Gasteiger partial charge in [-0.25, -0.2) is 18.3 Å². The molecule has 1 aromatic carbocycles. The fraction of sp³-hybridized carbons (Fsp3) is 0.368. The maximum atomic E-state index is 2.32. The summed E-state index contributed by atoms with van der Waals surface area (Å²) in [4.78, 5) is 0. The van der Waals surface area contributed by atoms with Gasteiger partial charge in [-0.15, -0.1) is 0 Å². The summed E-state index contributed by atoms with van der Waals surface area (Å²) in [6, 6.07) is 2.32. The molecule has 0 bridgehead atoms. The van der Waals surface area contributed by atoms with E-state index in [2.05, 4.69) is 96.6 Å².